The van der Waals surface area contributed by atoms with Crippen LogP contribution in [0.4, 0.5) is 0 Å². The van der Waals surface area contributed by atoms with Crippen molar-refractivity contribution in [3.05, 3.63) is 23.3 Å². The van der Waals surface area contributed by atoms with E-state index in [1.807, 2.05) is 0 Å². The molecule has 0 aromatic carbocycles. The SMILES string of the molecule is CCOC1CC(C(=O)O)=CC=C1C(=O)O. The van der Waals surface area contributed by atoms with Crippen molar-refractivity contribution in [3.8, 4) is 0 Å². The topological polar surface area (TPSA) is 83.8 Å². The minimum absolute atomic E-state index is 0.0985. The molecular formula is C10H12O5. The highest BCUT2D eigenvalue weighted by molar-refractivity contribution is 5.92. The van der Waals surface area contributed by atoms with E-state index in [1.54, 1.807) is 6.92 Å². The smallest absolute Gasteiger partial charge is 0.334 e. The Labute approximate surface area is 86.7 Å². The second kappa shape index (κ2) is 4.75. The van der Waals surface area contributed by atoms with E-state index in [-0.39, 0.29) is 17.6 Å². The molecule has 0 aliphatic heterocycles. The van der Waals surface area contributed by atoms with E-state index in [4.69, 9.17) is 14.9 Å². The first kappa shape index (κ1) is 11.5. The summed E-state index contributed by atoms with van der Waals surface area (Å²) in [6.45, 7) is 2.08. The molecule has 2 N–H and O–H groups in total. The van der Waals surface area contributed by atoms with Gasteiger partial charge in [0.1, 0.15) is 0 Å². The van der Waals surface area contributed by atoms with E-state index in [9.17, 15) is 9.59 Å². The van der Waals surface area contributed by atoms with Crippen LogP contribution in [0.15, 0.2) is 23.3 Å². The highest BCUT2D eigenvalue weighted by Crippen LogP contribution is 2.22. The highest BCUT2D eigenvalue weighted by Gasteiger charge is 2.26. The average molecular weight is 212 g/mol. The van der Waals surface area contributed by atoms with Crippen LogP contribution >= 0.6 is 0 Å². The lowest BCUT2D eigenvalue weighted by molar-refractivity contribution is -0.136. The van der Waals surface area contributed by atoms with Gasteiger partial charge in [-0.3, -0.25) is 0 Å². The van der Waals surface area contributed by atoms with Gasteiger partial charge in [-0.2, -0.15) is 0 Å². The number of carboxylic acids is 2. The number of rotatable bonds is 4. The zero-order valence-corrected chi connectivity index (χ0v) is 8.27. The summed E-state index contributed by atoms with van der Waals surface area (Å²) in [5.74, 6) is -2.12. The predicted octanol–water partition coefficient (Wildman–Crippen LogP) is 0.817. The Bertz CT molecular complexity index is 340. The van der Waals surface area contributed by atoms with Gasteiger partial charge in [0.2, 0.25) is 0 Å². The quantitative estimate of drug-likeness (QED) is 0.720. The van der Waals surface area contributed by atoms with Crippen molar-refractivity contribution in [3.63, 3.8) is 0 Å². The van der Waals surface area contributed by atoms with Crippen LogP contribution in [0.3, 0.4) is 0 Å². The summed E-state index contributed by atoms with van der Waals surface area (Å²) in [6, 6.07) is 0. The molecule has 5 heteroatoms. The van der Waals surface area contributed by atoms with E-state index < -0.39 is 18.0 Å². The molecule has 1 aliphatic carbocycles. The fourth-order valence-electron chi connectivity index (χ4n) is 1.39. The molecule has 5 nitrogen and oxygen atoms in total. The maximum atomic E-state index is 10.8. The molecule has 0 bridgehead atoms. The third kappa shape index (κ3) is 2.66. The fraction of sp³-hybridized carbons (Fsp3) is 0.400. The summed E-state index contributed by atoms with van der Waals surface area (Å²) >= 11 is 0. The number of hydrogen-bond donors (Lipinski definition) is 2. The zero-order chi connectivity index (χ0) is 11.4. The van der Waals surface area contributed by atoms with E-state index in [2.05, 4.69) is 0 Å². The second-order valence-electron chi connectivity index (χ2n) is 3.07. The van der Waals surface area contributed by atoms with Gasteiger partial charge in [0.25, 0.3) is 0 Å². The molecule has 0 saturated heterocycles. The maximum Gasteiger partial charge on any atom is 0.334 e. The van der Waals surface area contributed by atoms with Crippen LogP contribution in [0, 0.1) is 0 Å². The Morgan fingerprint density at radius 3 is 2.53 bits per heavy atom. The predicted molar refractivity (Wildman–Crippen MR) is 51.5 cm³/mol. The van der Waals surface area contributed by atoms with Crippen LogP contribution in [-0.2, 0) is 14.3 Å². The number of carbonyl (C=O) groups is 2. The maximum absolute atomic E-state index is 10.8. The summed E-state index contributed by atoms with van der Waals surface area (Å²) in [5.41, 5.74) is 0.264. The molecule has 1 atom stereocenters. The highest BCUT2D eigenvalue weighted by atomic mass is 16.5. The van der Waals surface area contributed by atoms with Gasteiger partial charge in [-0.15, -0.1) is 0 Å². The summed E-state index contributed by atoms with van der Waals surface area (Å²) in [6.07, 6.45) is 2.03. The van der Waals surface area contributed by atoms with Crippen LogP contribution in [0.1, 0.15) is 13.3 Å². The molecule has 0 amide bonds. The molecule has 0 spiro atoms. The molecule has 0 saturated carbocycles. The van der Waals surface area contributed by atoms with E-state index in [0.29, 0.717) is 6.61 Å². The van der Waals surface area contributed by atoms with Gasteiger partial charge < -0.3 is 14.9 Å². The number of allylic oxidation sites excluding steroid dienone is 2. The Morgan fingerprint density at radius 1 is 1.40 bits per heavy atom. The van der Waals surface area contributed by atoms with Gasteiger partial charge >= 0.3 is 11.9 Å². The molecule has 1 rings (SSSR count). The Kier molecular flexibility index (Phi) is 3.62. The third-order valence-corrected chi connectivity index (χ3v) is 2.11. The Balaban J connectivity index is 2.91. The van der Waals surface area contributed by atoms with Crippen LogP contribution in [-0.4, -0.2) is 34.9 Å². The third-order valence-electron chi connectivity index (χ3n) is 2.11. The first-order valence-electron chi connectivity index (χ1n) is 4.55. The lowest BCUT2D eigenvalue weighted by atomic mass is 9.95. The molecule has 1 unspecified atom stereocenters. The van der Waals surface area contributed by atoms with Crippen molar-refractivity contribution in [2.75, 3.05) is 6.61 Å². The molecule has 1 aliphatic rings. The number of carboxylic acid groups (broad SMARTS) is 2. The van der Waals surface area contributed by atoms with Gasteiger partial charge in [-0.25, -0.2) is 9.59 Å². The summed E-state index contributed by atoms with van der Waals surface area (Å²) in [5, 5.41) is 17.6. The van der Waals surface area contributed by atoms with Gasteiger partial charge in [-0.05, 0) is 13.0 Å². The summed E-state index contributed by atoms with van der Waals surface area (Å²) in [7, 11) is 0. The Morgan fingerprint density at radius 2 is 2.07 bits per heavy atom. The summed E-state index contributed by atoms with van der Waals surface area (Å²) in [4.78, 5) is 21.5. The lowest BCUT2D eigenvalue weighted by Crippen LogP contribution is -2.26. The van der Waals surface area contributed by atoms with Crippen molar-refractivity contribution < 1.29 is 24.5 Å². The summed E-state index contributed by atoms with van der Waals surface area (Å²) < 4.78 is 5.18. The molecule has 0 aromatic rings. The number of ether oxygens (including phenoxy) is 1. The zero-order valence-electron chi connectivity index (χ0n) is 8.27. The van der Waals surface area contributed by atoms with E-state index >= 15 is 0 Å². The molecule has 82 valence electrons. The molecule has 0 radical (unpaired) electrons. The van der Waals surface area contributed by atoms with Crippen molar-refractivity contribution in [1.29, 1.82) is 0 Å². The number of hydrogen-bond acceptors (Lipinski definition) is 3. The molecule has 0 heterocycles. The standard InChI is InChI=1S/C10H12O5/c1-2-15-8-5-6(9(11)12)3-4-7(8)10(13)14/h3-4,8H,2,5H2,1H3,(H,11,12)(H,13,14). The van der Waals surface area contributed by atoms with E-state index in [0.717, 1.165) is 0 Å². The van der Waals surface area contributed by atoms with Crippen LogP contribution in [0.2, 0.25) is 0 Å². The van der Waals surface area contributed by atoms with Crippen LogP contribution in [0.25, 0.3) is 0 Å². The van der Waals surface area contributed by atoms with Gasteiger partial charge in [0.05, 0.1) is 11.7 Å². The minimum atomic E-state index is -1.07. The van der Waals surface area contributed by atoms with Gasteiger partial charge in [0, 0.05) is 18.6 Å². The van der Waals surface area contributed by atoms with Crippen molar-refractivity contribution in [2.45, 2.75) is 19.4 Å². The first-order chi connectivity index (χ1) is 7.06. The first-order valence-corrected chi connectivity index (χ1v) is 4.55. The molecular weight excluding hydrogens is 200 g/mol. The fourth-order valence-corrected chi connectivity index (χ4v) is 1.39. The van der Waals surface area contributed by atoms with Crippen molar-refractivity contribution >= 4 is 11.9 Å². The Hall–Kier alpha value is -1.62. The number of aliphatic carboxylic acids is 2. The van der Waals surface area contributed by atoms with Crippen LogP contribution < -0.4 is 0 Å². The van der Waals surface area contributed by atoms with Crippen LogP contribution in [0.5, 0.6) is 0 Å². The minimum Gasteiger partial charge on any atom is -0.478 e. The average Bonchev–Trinajstić information content (AvgIpc) is 2.17. The van der Waals surface area contributed by atoms with Gasteiger partial charge in [0.15, 0.2) is 0 Å². The van der Waals surface area contributed by atoms with Gasteiger partial charge in [-0.1, -0.05) is 6.08 Å². The lowest BCUT2D eigenvalue weighted by Gasteiger charge is -2.20. The normalized spacial score (nSPS) is 20.5. The molecule has 0 aromatic heterocycles. The monoisotopic (exact) mass is 212 g/mol. The van der Waals surface area contributed by atoms with Crippen molar-refractivity contribution in [1.82, 2.24) is 0 Å². The van der Waals surface area contributed by atoms with Crippen molar-refractivity contribution in [2.24, 2.45) is 0 Å². The largest absolute Gasteiger partial charge is 0.478 e. The molecule has 0 fully saturated rings. The van der Waals surface area contributed by atoms with E-state index in [1.165, 1.54) is 12.2 Å². The second-order valence-corrected chi connectivity index (χ2v) is 3.07. The molecule has 15 heavy (non-hydrogen) atoms.